The molecule has 2 aromatic rings. The summed E-state index contributed by atoms with van der Waals surface area (Å²) in [6, 6.07) is 14.6. The number of rotatable bonds is 8. The number of carbonyl (C=O) groups excluding carboxylic acids is 3. The predicted octanol–water partition coefficient (Wildman–Crippen LogP) is 2.04. The van der Waals surface area contributed by atoms with Gasteiger partial charge in [0.05, 0.1) is 18.2 Å². The van der Waals surface area contributed by atoms with Crippen LogP contribution in [0.4, 0.5) is 0 Å². The minimum Gasteiger partial charge on any atom is -0.550 e. The molecule has 1 atom stereocenters. The molecule has 156 valence electrons. The Kier molecular flexibility index (Phi) is 6.51. The number of carbonyl (C=O) groups is 3. The summed E-state index contributed by atoms with van der Waals surface area (Å²) in [5, 5.41) is 21.6. The first-order chi connectivity index (χ1) is 14.4. The molecule has 7 heteroatoms. The van der Waals surface area contributed by atoms with E-state index in [0.717, 1.165) is 0 Å². The lowest BCUT2D eigenvalue weighted by atomic mass is 9.95. The zero-order valence-corrected chi connectivity index (χ0v) is 16.5. The maximum absolute atomic E-state index is 12.8. The van der Waals surface area contributed by atoms with Gasteiger partial charge in [0.25, 0.3) is 11.7 Å². The van der Waals surface area contributed by atoms with Gasteiger partial charge < -0.3 is 24.6 Å². The molecule has 1 fully saturated rings. The van der Waals surface area contributed by atoms with Crippen molar-refractivity contribution in [3.8, 4) is 5.75 Å². The minimum atomic E-state index is -1.23. The number of nitrogens with zero attached hydrogens (tertiary/aromatic N) is 1. The van der Waals surface area contributed by atoms with Crippen LogP contribution < -0.4 is 9.84 Å². The molecule has 1 aliphatic rings. The van der Waals surface area contributed by atoms with Crippen LogP contribution in [0.25, 0.3) is 5.76 Å². The number of carboxylic acids is 1. The van der Waals surface area contributed by atoms with Crippen LogP contribution in [0.15, 0.2) is 60.2 Å². The van der Waals surface area contributed by atoms with Crippen LogP contribution in [0.1, 0.15) is 36.9 Å². The monoisotopic (exact) mass is 408 g/mol. The van der Waals surface area contributed by atoms with Crippen molar-refractivity contribution in [2.45, 2.75) is 25.8 Å². The lowest BCUT2D eigenvalue weighted by Crippen LogP contribution is -2.32. The highest BCUT2D eigenvalue weighted by molar-refractivity contribution is 6.46. The fourth-order valence-corrected chi connectivity index (χ4v) is 3.52. The predicted molar refractivity (Wildman–Crippen MR) is 107 cm³/mol. The van der Waals surface area contributed by atoms with E-state index in [2.05, 4.69) is 0 Å². The van der Waals surface area contributed by atoms with Crippen molar-refractivity contribution in [2.75, 3.05) is 13.2 Å². The molecule has 30 heavy (non-hydrogen) atoms. The number of aliphatic carboxylic acids is 1. The van der Waals surface area contributed by atoms with Gasteiger partial charge in [-0.25, -0.2) is 0 Å². The Hall–Kier alpha value is -3.61. The SMILES string of the molecule is CCOc1ccc([C@H]2C(=C(O)c3ccccc3)C(=O)C(=O)N2CCCC(=O)[O-])cc1. The maximum atomic E-state index is 12.8. The second kappa shape index (κ2) is 9.26. The highest BCUT2D eigenvalue weighted by Gasteiger charge is 2.45. The van der Waals surface area contributed by atoms with Crippen molar-refractivity contribution in [3.63, 3.8) is 0 Å². The van der Waals surface area contributed by atoms with Crippen LogP contribution in [-0.2, 0) is 14.4 Å². The van der Waals surface area contributed by atoms with E-state index in [1.54, 1.807) is 54.6 Å². The average Bonchev–Trinajstić information content (AvgIpc) is 2.99. The Morgan fingerprint density at radius 3 is 2.37 bits per heavy atom. The van der Waals surface area contributed by atoms with Crippen molar-refractivity contribution >= 4 is 23.4 Å². The summed E-state index contributed by atoms with van der Waals surface area (Å²) >= 11 is 0. The topological polar surface area (TPSA) is 107 Å². The van der Waals surface area contributed by atoms with Gasteiger partial charge in [0.15, 0.2) is 0 Å². The van der Waals surface area contributed by atoms with Gasteiger partial charge in [-0.3, -0.25) is 9.59 Å². The van der Waals surface area contributed by atoms with Crippen molar-refractivity contribution in [1.82, 2.24) is 4.90 Å². The van der Waals surface area contributed by atoms with Crippen molar-refractivity contribution in [1.29, 1.82) is 0 Å². The smallest absolute Gasteiger partial charge is 0.295 e. The van der Waals surface area contributed by atoms with Gasteiger partial charge in [0.2, 0.25) is 0 Å². The maximum Gasteiger partial charge on any atom is 0.295 e. The Bertz CT molecular complexity index is 965. The molecule has 2 aromatic carbocycles. The summed E-state index contributed by atoms with van der Waals surface area (Å²) in [4.78, 5) is 37.6. The summed E-state index contributed by atoms with van der Waals surface area (Å²) in [6.45, 7) is 2.40. The molecular weight excluding hydrogens is 386 g/mol. The molecule has 1 amide bonds. The van der Waals surface area contributed by atoms with E-state index >= 15 is 0 Å². The van der Waals surface area contributed by atoms with Gasteiger partial charge in [-0.15, -0.1) is 0 Å². The van der Waals surface area contributed by atoms with Gasteiger partial charge in [0, 0.05) is 18.1 Å². The molecule has 1 saturated heterocycles. The molecule has 1 heterocycles. The van der Waals surface area contributed by atoms with Gasteiger partial charge >= 0.3 is 0 Å². The molecular formula is C23H22NO6-. The summed E-state index contributed by atoms with van der Waals surface area (Å²) in [6.07, 6.45) is -0.105. The Morgan fingerprint density at radius 2 is 1.77 bits per heavy atom. The Morgan fingerprint density at radius 1 is 1.10 bits per heavy atom. The van der Waals surface area contributed by atoms with Crippen LogP contribution in [-0.4, -0.2) is 40.8 Å². The van der Waals surface area contributed by atoms with E-state index in [1.807, 2.05) is 6.92 Å². The number of benzene rings is 2. The van der Waals surface area contributed by atoms with E-state index in [-0.39, 0.29) is 30.7 Å². The number of amides is 1. The fourth-order valence-electron chi connectivity index (χ4n) is 3.52. The molecule has 0 radical (unpaired) electrons. The van der Waals surface area contributed by atoms with Crippen LogP contribution in [0.3, 0.4) is 0 Å². The third-order valence-corrected chi connectivity index (χ3v) is 4.87. The van der Waals surface area contributed by atoms with Crippen LogP contribution in [0.5, 0.6) is 5.75 Å². The van der Waals surface area contributed by atoms with Crippen molar-refractivity contribution in [2.24, 2.45) is 0 Å². The number of aliphatic hydroxyl groups is 1. The largest absolute Gasteiger partial charge is 0.550 e. The number of Topliss-reactive ketones (excluding diaryl/α,β-unsaturated/α-hetero) is 1. The van der Waals surface area contributed by atoms with Gasteiger partial charge in [-0.1, -0.05) is 42.5 Å². The van der Waals surface area contributed by atoms with Crippen molar-refractivity contribution < 1.29 is 29.3 Å². The number of ether oxygens (including phenoxy) is 1. The summed E-state index contributed by atoms with van der Waals surface area (Å²) in [5.41, 5.74) is 1.01. The molecule has 0 aliphatic carbocycles. The first-order valence-corrected chi connectivity index (χ1v) is 9.70. The molecule has 0 unspecified atom stereocenters. The van der Waals surface area contributed by atoms with E-state index in [1.165, 1.54) is 4.90 Å². The summed E-state index contributed by atoms with van der Waals surface area (Å²) in [7, 11) is 0. The third-order valence-electron chi connectivity index (χ3n) is 4.87. The molecule has 3 rings (SSSR count). The number of carboxylic acid groups (broad SMARTS) is 1. The van der Waals surface area contributed by atoms with E-state index in [9.17, 15) is 24.6 Å². The fraction of sp³-hybridized carbons (Fsp3) is 0.261. The average molecular weight is 408 g/mol. The van der Waals surface area contributed by atoms with E-state index in [4.69, 9.17) is 4.74 Å². The molecule has 0 bridgehead atoms. The molecule has 0 spiro atoms. The molecule has 1 N–H and O–H groups in total. The second-order valence-corrected chi connectivity index (χ2v) is 6.84. The minimum absolute atomic E-state index is 0.0243. The second-order valence-electron chi connectivity index (χ2n) is 6.84. The first kappa shape index (κ1) is 21.1. The number of aliphatic hydroxyl groups excluding tert-OH is 1. The Balaban J connectivity index is 2.06. The number of ketones is 1. The van der Waals surface area contributed by atoms with Crippen molar-refractivity contribution in [3.05, 3.63) is 71.3 Å². The zero-order chi connectivity index (χ0) is 21.7. The number of likely N-dealkylation sites (tertiary alicyclic amines) is 1. The molecule has 7 nitrogen and oxygen atoms in total. The summed E-state index contributed by atoms with van der Waals surface area (Å²) in [5.74, 6) is -2.43. The zero-order valence-electron chi connectivity index (χ0n) is 16.5. The van der Waals surface area contributed by atoms with E-state index in [0.29, 0.717) is 23.5 Å². The molecule has 0 saturated carbocycles. The van der Waals surface area contributed by atoms with Crippen LogP contribution >= 0.6 is 0 Å². The first-order valence-electron chi connectivity index (χ1n) is 9.70. The Labute approximate surface area is 174 Å². The lowest BCUT2D eigenvalue weighted by Gasteiger charge is -2.25. The quantitative estimate of drug-likeness (QED) is 0.407. The lowest BCUT2D eigenvalue weighted by molar-refractivity contribution is -0.305. The van der Waals surface area contributed by atoms with Crippen LogP contribution in [0.2, 0.25) is 0 Å². The molecule has 0 aromatic heterocycles. The van der Waals surface area contributed by atoms with E-state index < -0.39 is 23.7 Å². The van der Waals surface area contributed by atoms with Gasteiger partial charge in [0.1, 0.15) is 11.5 Å². The highest BCUT2D eigenvalue weighted by Crippen LogP contribution is 2.39. The summed E-state index contributed by atoms with van der Waals surface area (Å²) < 4.78 is 5.45. The number of hydrogen-bond acceptors (Lipinski definition) is 6. The third kappa shape index (κ3) is 4.35. The molecule has 1 aliphatic heterocycles. The van der Waals surface area contributed by atoms with Gasteiger partial charge in [-0.2, -0.15) is 0 Å². The van der Waals surface area contributed by atoms with Gasteiger partial charge in [-0.05, 0) is 37.5 Å². The normalized spacial score (nSPS) is 17.9. The standard InChI is InChI=1S/C23H23NO6/c1-2-30-17-12-10-15(11-13-17)20-19(21(27)16-7-4-3-5-8-16)22(28)23(29)24(20)14-6-9-18(25)26/h3-5,7-8,10-13,20,27H,2,6,9,14H2,1H3,(H,25,26)/p-1/t20-/m0/s1. The number of hydrogen-bond donors (Lipinski definition) is 1. The highest BCUT2D eigenvalue weighted by atomic mass is 16.5. The van der Waals surface area contributed by atoms with Crippen LogP contribution in [0, 0.1) is 0 Å².